The van der Waals surface area contributed by atoms with Crippen molar-refractivity contribution >= 4 is 51.5 Å². The molecular weight excluding hydrogens is 332 g/mol. The van der Waals surface area contributed by atoms with Gasteiger partial charge in [0.15, 0.2) is 0 Å². The fourth-order valence-corrected chi connectivity index (χ4v) is 2.05. The first-order valence-corrected chi connectivity index (χ1v) is 5.97. The molecule has 1 aromatic carbocycles. The Labute approximate surface area is 108 Å². The minimum absolute atomic E-state index is 0.751. The van der Waals surface area contributed by atoms with Gasteiger partial charge >= 0.3 is 0 Å². The molecule has 0 saturated carbocycles. The molecule has 4 heteroatoms. The van der Waals surface area contributed by atoms with Gasteiger partial charge in [-0.1, -0.05) is 23.2 Å². The highest BCUT2D eigenvalue weighted by Gasteiger charge is 1.99. The summed E-state index contributed by atoms with van der Waals surface area (Å²) in [6, 6.07) is 5.75. The van der Waals surface area contributed by atoms with Gasteiger partial charge in [-0.15, -0.1) is 0 Å². The van der Waals surface area contributed by atoms with Gasteiger partial charge in [0, 0.05) is 26.4 Å². The van der Waals surface area contributed by atoms with Gasteiger partial charge < -0.3 is 5.32 Å². The van der Waals surface area contributed by atoms with Crippen LogP contribution in [-0.4, -0.2) is 6.54 Å². The van der Waals surface area contributed by atoms with E-state index >= 15 is 0 Å². The van der Waals surface area contributed by atoms with Gasteiger partial charge in [-0.05, 0) is 53.3 Å². The molecule has 0 fully saturated rings. The largest absolute Gasteiger partial charge is 0.380 e. The maximum atomic E-state index is 5.84. The average Bonchev–Trinajstić information content (AvgIpc) is 2.16. The Balaban J connectivity index is 2.68. The molecule has 76 valence electrons. The van der Waals surface area contributed by atoms with Crippen molar-refractivity contribution in [3.05, 3.63) is 37.9 Å². The molecule has 1 rings (SSSR count). The molecule has 0 bridgehead atoms. The highest BCUT2D eigenvalue weighted by molar-refractivity contribution is 14.1. The van der Waals surface area contributed by atoms with Crippen LogP contribution in [0.3, 0.4) is 0 Å². The molecule has 1 nitrogen and oxygen atoms in total. The van der Waals surface area contributed by atoms with Crippen molar-refractivity contribution < 1.29 is 0 Å². The molecule has 0 aliphatic heterocycles. The van der Waals surface area contributed by atoms with Crippen LogP contribution in [0.4, 0.5) is 5.69 Å². The molecule has 0 atom stereocenters. The van der Waals surface area contributed by atoms with Crippen LogP contribution in [-0.2, 0) is 0 Å². The van der Waals surface area contributed by atoms with E-state index < -0.39 is 0 Å². The van der Waals surface area contributed by atoms with Crippen LogP contribution in [0.25, 0.3) is 0 Å². The predicted octanol–water partition coefficient (Wildman–Crippen LogP) is 4.50. The zero-order chi connectivity index (χ0) is 10.6. The molecule has 0 saturated heterocycles. The van der Waals surface area contributed by atoms with Crippen molar-refractivity contribution in [3.63, 3.8) is 0 Å². The lowest BCUT2D eigenvalue weighted by Crippen LogP contribution is -2.03. The highest BCUT2D eigenvalue weighted by Crippen LogP contribution is 2.22. The van der Waals surface area contributed by atoms with E-state index in [1.807, 2.05) is 25.1 Å². The van der Waals surface area contributed by atoms with Crippen molar-refractivity contribution in [2.45, 2.75) is 6.92 Å². The molecule has 0 spiro atoms. The van der Waals surface area contributed by atoms with E-state index in [4.69, 9.17) is 23.2 Å². The van der Waals surface area contributed by atoms with Crippen molar-refractivity contribution in [3.8, 4) is 0 Å². The van der Waals surface area contributed by atoms with Gasteiger partial charge in [0.2, 0.25) is 0 Å². The van der Waals surface area contributed by atoms with Crippen LogP contribution in [0.15, 0.2) is 29.3 Å². The molecule has 0 heterocycles. The lowest BCUT2D eigenvalue weighted by Gasteiger charge is -2.08. The second-order valence-corrected chi connectivity index (χ2v) is 4.75. The first-order chi connectivity index (χ1) is 6.63. The lowest BCUT2D eigenvalue weighted by atomic mass is 10.3. The van der Waals surface area contributed by atoms with E-state index in [0.717, 1.165) is 26.4 Å². The Morgan fingerprint density at radius 3 is 2.86 bits per heavy atom. The molecule has 1 N–H and O–H groups in total. The molecule has 1 aromatic rings. The summed E-state index contributed by atoms with van der Waals surface area (Å²) in [5.74, 6) is 0. The summed E-state index contributed by atoms with van der Waals surface area (Å²) in [5.41, 5.74) is 3.75. The quantitative estimate of drug-likeness (QED) is 0.798. The average molecular weight is 342 g/mol. The van der Waals surface area contributed by atoms with E-state index in [-0.39, 0.29) is 0 Å². The fourth-order valence-electron chi connectivity index (χ4n) is 0.906. The van der Waals surface area contributed by atoms with Crippen LogP contribution in [0.1, 0.15) is 6.92 Å². The molecular formula is C10H10Cl2IN. The zero-order valence-electron chi connectivity index (χ0n) is 7.65. The number of benzene rings is 1. The number of nitrogens with one attached hydrogen (secondary N) is 1. The summed E-state index contributed by atoms with van der Waals surface area (Å²) >= 11 is 13.6. The van der Waals surface area contributed by atoms with Crippen molar-refractivity contribution in [2.75, 3.05) is 11.9 Å². The van der Waals surface area contributed by atoms with E-state index in [1.165, 1.54) is 0 Å². The summed E-state index contributed by atoms with van der Waals surface area (Å²) in [4.78, 5) is 0. The standard InChI is InChI=1S/C10H10Cl2IN/c1-7(5-11)6-14-10-3-2-8(12)4-9(10)13/h2-5,14H,6H2,1H3/b7-5-. The van der Waals surface area contributed by atoms with Crippen LogP contribution in [0.5, 0.6) is 0 Å². The topological polar surface area (TPSA) is 12.0 Å². The predicted molar refractivity (Wildman–Crippen MR) is 72.3 cm³/mol. The Hall–Kier alpha value is 0.0700. The zero-order valence-corrected chi connectivity index (χ0v) is 11.3. The third-order valence-electron chi connectivity index (χ3n) is 1.68. The molecule has 0 aliphatic carbocycles. The number of halogens is 3. The first-order valence-electron chi connectivity index (χ1n) is 4.08. The molecule has 0 aromatic heterocycles. The van der Waals surface area contributed by atoms with E-state index in [2.05, 4.69) is 27.9 Å². The molecule has 0 radical (unpaired) electrons. The molecule has 14 heavy (non-hydrogen) atoms. The van der Waals surface area contributed by atoms with E-state index in [1.54, 1.807) is 5.54 Å². The van der Waals surface area contributed by atoms with Crippen LogP contribution >= 0.6 is 45.8 Å². The summed E-state index contributed by atoms with van der Waals surface area (Å²) in [6.45, 7) is 2.73. The summed E-state index contributed by atoms with van der Waals surface area (Å²) in [6.07, 6.45) is 0. The summed E-state index contributed by atoms with van der Waals surface area (Å²) in [5, 5.41) is 4.03. The maximum absolute atomic E-state index is 5.84. The van der Waals surface area contributed by atoms with E-state index in [9.17, 15) is 0 Å². The third-order valence-corrected chi connectivity index (χ3v) is 3.18. The first kappa shape index (κ1) is 12.1. The van der Waals surface area contributed by atoms with Gasteiger partial charge in [-0.2, -0.15) is 0 Å². The minimum atomic E-state index is 0.751. The summed E-state index contributed by atoms with van der Waals surface area (Å²) in [7, 11) is 0. The second kappa shape index (κ2) is 5.83. The number of anilines is 1. The van der Waals surface area contributed by atoms with Gasteiger partial charge in [0.1, 0.15) is 0 Å². The maximum Gasteiger partial charge on any atom is 0.0479 e. The Bertz CT molecular complexity index is 350. The third kappa shape index (κ3) is 3.67. The Kier molecular flexibility index (Phi) is 5.06. The molecule has 0 amide bonds. The smallest absolute Gasteiger partial charge is 0.0479 e. The van der Waals surface area contributed by atoms with Crippen LogP contribution < -0.4 is 5.32 Å². The molecule has 0 aliphatic rings. The van der Waals surface area contributed by atoms with Crippen LogP contribution in [0.2, 0.25) is 5.02 Å². The molecule has 0 unspecified atom stereocenters. The van der Waals surface area contributed by atoms with Gasteiger partial charge in [0.05, 0.1) is 0 Å². The van der Waals surface area contributed by atoms with Crippen molar-refractivity contribution in [2.24, 2.45) is 0 Å². The minimum Gasteiger partial charge on any atom is -0.380 e. The van der Waals surface area contributed by atoms with Gasteiger partial charge in [-0.25, -0.2) is 0 Å². The SMILES string of the molecule is C/C(=C/Cl)CNc1ccc(Cl)cc1I. The number of rotatable bonds is 3. The number of hydrogen-bond donors (Lipinski definition) is 1. The van der Waals surface area contributed by atoms with Crippen molar-refractivity contribution in [1.29, 1.82) is 0 Å². The van der Waals surface area contributed by atoms with Crippen molar-refractivity contribution in [1.82, 2.24) is 0 Å². The normalized spacial score (nSPS) is 11.6. The van der Waals surface area contributed by atoms with E-state index in [0.29, 0.717) is 0 Å². The Morgan fingerprint density at radius 2 is 2.29 bits per heavy atom. The second-order valence-electron chi connectivity index (χ2n) is 2.93. The lowest BCUT2D eigenvalue weighted by molar-refractivity contribution is 1.21. The fraction of sp³-hybridized carbons (Fsp3) is 0.200. The van der Waals surface area contributed by atoms with Gasteiger partial charge in [0.25, 0.3) is 0 Å². The highest BCUT2D eigenvalue weighted by atomic mass is 127. The van der Waals surface area contributed by atoms with Crippen LogP contribution in [0, 0.1) is 3.57 Å². The summed E-state index contributed by atoms with van der Waals surface area (Å²) < 4.78 is 1.11. The van der Waals surface area contributed by atoms with Gasteiger partial charge in [-0.3, -0.25) is 0 Å². The Morgan fingerprint density at radius 1 is 1.57 bits per heavy atom. The number of hydrogen-bond acceptors (Lipinski definition) is 1. The monoisotopic (exact) mass is 341 g/mol.